The van der Waals surface area contributed by atoms with Crippen molar-refractivity contribution in [1.29, 1.82) is 0 Å². The molecule has 0 radical (unpaired) electrons. The number of hydrogen-bond acceptors (Lipinski definition) is 4. The number of fused-ring (bicyclic) bond motifs is 1. The van der Waals surface area contributed by atoms with Crippen LogP contribution in [0.3, 0.4) is 0 Å². The summed E-state index contributed by atoms with van der Waals surface area (Å²) in [6.45, 7) is 0.376. The van der Waals surface area contributed by atoms with Crippen LogP contribution in [0.2, 0.25) is 10.0 Å². The van der Waals surface area contributed by atoms with Crippen molar-refractivity contribution in [3.8, 4) is 0 Å². The van der Waals surface area contributed by atoms with E-state index in [0.29, 0.717) is 18.1 Å². The predicted octanol–water partition coefficient (Wildman–Crippen LogP) is 2.85. The average molecular weight is 421 g/mol. The molecule has 2 amide bonds. The Morgan fingerprint density at radius 3 is 2.54 bits per heavy atom. The molecule has 146 valence electrons. The molecular weight excluding hydrogens is 403 g/mol. The smallest absolute Gasteiger partial charge is 0.325 e. The monoisotopic (exact) mass is 420 g/mol. The second-order valence-electron chi connectivity index (χ2n) is 6.31. The number of amides is 2. The lowest BCUT2D eigenvalue weighted by atomic mass is 10.00. The minimum absolute atomic E-state index is 0.241. The Hall–Kier alpha value is -2.57. The van der Waals surface area contributed by atoms with Crippen LogP contribution in [-0.2, 0) is 27.3 Å². The molecule has 0 spiro atoms. The maximum absolute atomic E-state index is 12.3. The van der Waals surface area contributed by atoms with E-state index in [4.69, 9.17) is 27.9 Å². The standard InChI is InChI=1S/C20H18Cl2N2O4/c21-16-6-5-14(9-17(16)22)20(27)23-10-19(26)28-12-18(25)24-8-7-13-3-1-2-4-15(13)11-24/h1-6,9H,7-8,10-12H2,(H,23,27). The number of halogens is 2. The van der Waals surface area contributed by atoms with Gasteiger partial charge in [0.05, 0.1) is 10.0 Å². The number of nitrogens with one attached hydrogen (secondary N) is 1. The van der Waals surface area contributed by atoms with E-state index < -0.39 is 11.9 Å². The maximum atomic E-state index is 12.3. The Bertz CT molecular complexity index is 917. The molecule has 1 aliphatic rings. The largest absolute Gasteiger partial charge is 0.454 e. The molecule has 2 aromatic carbocycles. The van der Waals surface area contributed by atoms with Crippen LogP contribution in [0.5, 0.6) is 0 Å². The van der Waals surface area contributed by atoms with Gasteiger partial charge in [0, 0.05) is 18.7 Å². The average Bonchev–Trinajstić information content (AvgIpc) is 2.71. The van der Waals surface area contributed by atoms with Gasteiger partial charge in [0.25, 0.3) is 11.8 Å². The predicted molar refractivity (Wildman–Crippen MR) is 105 cm³/mol. The minimum Gasteiger partial charge on any atom is -0.454 e. The molecule has 6 nitrogen and oxygen atoms in total. The molecular formula is C20H18Cl2N2O4. The first-order valence-corrected chi connectivity index (χ1v) is 9.43. The molecule has 1 aliphatic heterocycles. The van der Waals surface area contributed by atoms with Crippen molar-refractivity contribution >= 4 is 41.0 Å². The van der Waals surface area contributed by atoms with Gasteiger partial charge in [-0.1, -0.05) is 47.5 Å². The second-order valence-corrected chi connectivity index (χ2v) is 7.12. The van der Waals surface area contributed by atoms with Crippen LogP contribution in [-0.4, -0.2) is 42.4 Å². The normalized spacial score (nSPS) is 12.9. The van der Waals surface area contributed by atoms with Gasteiger partial charge in [0.15, 0.2) is 6.61 Å². The van der Waals surface area contributed by atoms with Gasteiger partial charge in [-0.2, -0.15) is 0 Å². The number of hydrogen-bond donors (Lipinski definition) is 1. The molecule has 1 N–H and O–H groups in total. The Morgan fingerprint density at radius 2 is 1.79 bits per heavy atom. The third-order valence-electron chi connectivity index (χ3n) is 4.42. The van der Waals surface area contributed by atoms with Crippen LogP contribution in [0.25, 0.3) is 0 Å². The first kappa shape index (κ1) is 20.2. The molecule has 28 heavy (non-hydrogen) atoms. The molecule has 0 saturated heterocycles. The summed E-state index contributed by atoms with van der Waals surface area (Å²) in [7, 11) is 0. The summed E-state index contributed by atoms with van der Waals surface area (Å²) in [6.07, 6.45) is 0.773. The van der Waals surface area contributed by atoms with Gasteiger partial charge in [-0.15, -0.1) is 0 Å². The number of nitrogens with zero attached hydrogens (tertiary/aromatic N) is 1. The van der Waals surface area contributed by atoms with Crippen molar-refractivity contribution in [2.24, 2.45) is 0 Å². The zero-order valence-corrected chi connectivity index (χ0v) is 16.4. The highest BCUT2D eigenvalue weighted by molar-refractivity contribution is 6.42. The lowest BCUT2D eigenvalue weighted by molar-refractivity contribution is -0.151. The lowest BCUT2D eigenvalue weighted by Gasteiger charge is -2.28. The molecule has 8 heteroatoms. The number of rotatable bonds is 5. The van der Waals surface area contributed by atoms with Crippen LogP contribution in [0.4, 0.5) is 0 Å². The van der Waals surface area contributed by atoms with E-state index in [1.807, 2.05) is 24.3 Å². The third kappa shape index (κ3) is 5.03. The SMILES string of the molecule is O=C(CNC(=O)c1ccc(Cl)c(Cl)c1)OCC(=O)N1CCc2ccccc2C1. The van der Waals surface area contributed by atoms with Crippen molar-refractivity contribution in [3.63, 3.8) is 0 Å². The van der Waals surface area contributed by atoms with Crippen LogP contribution in [0.15, 0.2) is 42.5 Å². The number of esters is 1. The first-order chi connectivity index (χ1) is 13.4. The van der Waals surface area contributed by atoms with E-state index in [9.17, 15) is 14.4 Å². The van der Waals surface area contributed by atoms with E-state index in [-0.39, 0.29) is 29.6 Å². The van der Waals surface area contributed by atoms with E-state index in [0.717, 1.165) is 12.0 Å². The first-order valence-electron chi connectivity index (χ1n) is 8.67. The highest BCUT2D eigenvalue weighted by Crippen LogP contribution is 2.22. The van der Waals surface area contributed by atoms with Crippen molar-refractivity contribution in [2.45, 2.75) is 13.0 Å². The van der Waals surface area contributed by atoms with Gasteiger partial charge in [-0.25, -0.2) is 0 Å². The van der Waals surface area contributed by atoms with E-state index in [1.54, 1.807) is 4.90 Å². The van der Waals surface area contributed by atoms with Crippen molar-refractivity contribution in [3.05, 3.63) is 69.2 Å². The van der Waals surface area contributed by atoms with E-state index >= 15 is 0 Å². The zero-order chi connectivity index (χ0) is 20.1. The Kier molecular flexibility index (Phi) is 6.54. The summed E-state index contributed by atoms with van der Waals surface area (Å²) < 4.78 is 4.98. The van der Waals surface area contributed by atoms with Gasteiger partial charge < -0.3 is 15.0 Å². The fraction of sp³-hybridized carbons (Fsp3) is 0.250. The number of carbonyl (C=O) groups is 3. The quantitative estimate of drug-likeness (QED) is 0.754. The molecule has 0 saturated carbocycles. The fourth-order valence-electron chi connectivity index (χ4n) is 2.89. The summed E-state index contributed by atoms with van der Waals surface area (Å²) >= 11 is 11.7. The summed E-state index contributed by atoms with van der Waals surface area (Å²) in [6, 6.07) is 12.3. The zero-order valence-electron chi connectivity index (χ0n) is 14.9. The molecule has 3 rings (SSSR count). The summed E-state index contributed by atoms with van der Waals surface area (Å²) in [4.78, 5) is 37.8. The van der Waals surface area contributed by atoms with Crippen molar-refractivity contribution in [2.75, 3.05) is 19.7 Å². The molecule has 2 aromatic rings. The molecule has 1 heterocycles. The second kappa shape index (κ2) is 9.08. The van der Waals surface area contributed by atoms with Gasteiger partial charge in [-0.3, -0.25) is 14.4 Å². The van der Waals surface area contributed by atoms with E-state index in [2.05, 4.69) is 5.32 Å². The van der Waals surface area contributed by atoms with Crippen molar-refractivity contribution in [1.82, 2.24) is 10.2 Å². The maximum Gasteiger partial charge on any atom is 0.325 e. The van der Waals surface area contributed by atoms with Gasteiger partial charge in [0.2, 0.25) is 0 Å². The van der Waals surface area contributed by atoms with Gasteiger partial charge >= 0.3 is 5.97 Å². The lowest BCUT2D eigenvalue weighted by Crippen LogP contribution is -2.39. The Labute approximate surface area is 172 Å². The summed E-state index contributed by atoms with van der Waals surface area (Å²) in [5.74, 6) is -1.45. The molecule has 0 atom stereocenters. The van der Waals surface area contributed by atoms with Gasteiger partial charge in [0.1, 0.15) is 6.54 Å². The van der Waals surface area contributed by atoms with Crippen LogP contribution < -0.4 is 5.32 Å². The number of benzene rings is 2. The molecule has 0 aliphatic carbocycles. The fourth-order valence-corrected chi connectivity index (χ4v) is 3.18. The highest BCUT2D eigenvalue weighted by atomic mass is 35.5. The molecule has 0 unspecified atom stereocenters. The molecule has 0 aromatic heterocycles. The topological polar surface area (TPSA) is 75.7 Å². The minimum atomic E-state index is -0.695. The van der Waals surface area contributed by atoms with Crippen LogP contribution in [0.1, 0.15) is 21.5 Å². The summed E-state index contributed by atoms with van der Waals surface area (Å²) in [5, 5.41) is 2.99. The third-order valence-corrected chi connectivity index (χ3v) is 5.15. The molecule has 0 fully saturated rings. The van der Waals surface area contributed by atoms with Gasteiger partial charge in [-0.05, 0) is 35.7 Å². The Morgan fingerprint density at radius 1 is 1.04 bits per heavy atom. The van der Waals surface area contributed by atoms with E-state index in [1.165, 1.54) is 23.8 Å². The van der Waals surface area contributed by atoms with Crippen molar-refractivity contribution < 1.29 is 19.1 Å². The Balaban J connectivity index is 1.43. The van der Waals surface area contributed by atoms with Crippen LogP contribution in [0, 0.1) is 0 Å². The summed E-state index contributed by atoms with van der Waals surface area (Å²) in [5.41, 5.74) is 2.60. The molecule has 0 bridgehead atoms. The number of ether oxygens (including phenoxy) is 1. The number of carbonyl (C=O) groups excluding carboxylic acids is 3. The van der Waals surface area contributed by atoms with Crippen LogP contribution >= 0.6 is 23.2 Å². The highest BCUT2D eigenvalue weighted by Gasteiger charge is 2.21.